The summed E-state index contributed by atoms with van der Waals surface area (Å²) in [6, 6.07) is 7.25. The first kappa shape index (κ1) is 19.0. The van der Waals surface area contributed by atoms with Crippen LogP contribution >= 0.6 is 11.6 Å². The minimum Gasteiger partial charge on any atom is -1.00 e. The lowest BCUT2D eigenvalue weighted by Gasteiger charge is -2.15. The van der Waals surface area contributed by atoms with E-state index < -0.39 is 0 Å². The van der Waals surface area contributed by atoms with Crippen molar-refractivity contribution in [2.24, 2.45) is 0 Å². The van der Waals surface area contributed by atoms with E-state index in [1.165, 1.54) is 4.90 Å². The molecule has 20 heavy (non-hydrogen) atoms. The molecule has 0 aromatic heterocycles. The molecule has 1 aromatic rings. The first-order valence-electron chi connectivity index (χ1n) is 6.64. The molecule has 0 atom stereocenters. The molecule has 2 N–H and O–H groups in total. The lowest BCUT2D eigenvalue weighted by atomic mass is 10.2. The first-order valence-corrected chi connectivity index (χ1v) is 7.02. The van der Waals surface area contributed by atoms with E-state index in [2.05, 4.69) is 19.2 Å². The minimum absolute atomic E-state index is 0. The number of benzene rings is 1. The Kier molecular flexibility index (Phi) is 10.3. The Labute approximate surface area is 131 Å². The van der Waals surface area contributed by atoms with Crippen LogP contribution in [0.25, 0.3) is 0 Å². The van der Waals surface area contributed by atoms with Gasteiger partial charge in [-0.05, 0) is 31.5 Å². The molecular weight excluding hydrogens is 299 g/mol. The number of rotatable bonds is 7. The van der Waals surface area contributed by atoms with E-state index in [1.807, 2.05) is 12.1 Å². The summed E-state index contributed by atoms with van der Waals surface area (Å²) in [4.78, 5) is 12.9. The van der Waals surface area contributed by atoms with Crippen molar-refractivity contribution < 1.29 is 26.8 Å². The van der Waals surface area contributed by atoms with Crippen LogP contribution in [0.15, 0.2) is 24.3 Å². The number of halogens is 2. The highest BCUT2D eigenvalue weighted by atomic mass is 35.5. The maximum Gasteiger partial charge on any atom is 0.407 e. The van der Waals surface area contributed by atoms with Crippen LogP contribution in [0.1, 0.15) is 19.4 Å². The summed E-state index contributed by atoms with van der Waals surface area (Å²) in [5.74, 6) is 0. The molecular formula is C14H22Cl2N2O2. The molecule has 0 bridgehead atoms. The summed E-state index contributed by atoms with van der Waals surface area (Å²) < 4.78 is 5.11. The largest absolute Gasteiger partial charge is 1.00 e. The summed E-state index contributed by atoms with van der Waals surface area (Å²) in [6.07, 6.45) is -0.374. The summed E-state index contributed by atoms with van der Waals surface area (Å²) in [5.41, 5.74) is 0.925. The van der Waals surface area contributed by atoms with E-state index in [9.17, 15) is 4.79 Å². The Morgan fingerprint density at radius 3 is 2.40 bits per heavy atom. The predicted octanol–water partition coefficient (Wildman–Crippen LogP) is -1.51. The molecule has 0 fully saturated rings. The van der Waals surface area contributed by atoms with E-state index in [-0.39, 0.29) is 25.1 Å². The van der Waals surface area contributed by atoms with Crippen LogP contribution in [0.4, 0.5) is 4.79 Å². The zero-order chi connectivity index (χ0) is 14.1. The van der Waals surface area contributed by atoms with Crippen molar-refractivity contribution in [1.82, 2.24) is 5.32 Å². The SMILES string of the molecule is CC[NH+](CC)CCNC(=O)OCc1ccc(Cl)cc1.[Cl-]. The van der Waals surface area contributed by atoms with Gasteiger partial charge in [-0.2, -0.15) is 0 Å². The lowest BCUT2D eigenvalue weighted by molar-refractivity contribution is -0.895. The van der Waals surface area contributed by atoms with Gasteiger partial charge in [0.15, 0.2) is 0 Å². The Hall–Kier alpha value is -0.970. The summed E-state index contributed by atoms with van der Waals surface area (Å²) in [7, 11) is 0. The zero-order valence-electron chi connectivity index (χ0n) is 11.9. The van der Waals surface area contributed by atoms with Gasteiger partial charge >= 0.3 is 6.09 Å². The van der Waals surface area contributed by atoms with Gasteiger partial charge in [0.1, 0.15) is 6.61 Å². The summed E-state index contributed by atoms with van der Waals surface area (Å²) >= 11 is 5.78. The number of hydrogen-bond donors (Lipinski definition) is 2. The van der Waals surface area contributed by atoms with Crippen LogP contribution in [0.2, 0.25) is 5.02 Å². The quantitative estimate of drug-likeness (QED) is 0.642. The van der Waals surface area contributed by atoms with Crippen LogP contribution in [-0.2, 0) is 11.3 Å². The molecule has 0 aliphatic heterocycles. The van der Waals surface area contributed by atoms with Crippen LogP contribution in [0, 0.1) is 0 Å². The normalized spacial score (nSPS) is 10.0. The molecule has 0 spiro atoms. The van der Waals surface area contributed by atoms with Crippen LogP contribution in [0.3, 0.4) is 0 Å². The molecule has 1 rings (SSSR count). The maximum atomic E-state index is 11.5. The Morgan fingerprint density at radius 2 is 1.85 bits per heavy atom. The van der Waals surface area contributed by atoms with Gasteiger partial charge in [-0.1, -0.05) is 23.7 Å². The lowest BCUT2D eigenvalue weighted by Crippen LogP contribution is -3.12. The van der Waals surface area contributed by atoms with Gasteiger partial charge in [0, 0.05) is 5.02 Å². The third-order valence-electron chi connectivity index (χ3n) is 3.03. The van der Waals surface area contributed by atoms with Gasteiger partial charge in [0.05, 0.1) is 26.2 Å². The van der Waals surface area contributed by atoms with Crippen molar-refractivity contribution in [3.05, 3.63) is 34.9 Å². The molecule has 1 aromatic carbocycles. The number of alkyl carbamates (subject to hydrolysis) is 1. The average molecular weight is 321 g/mol. The topological polar surface area (TPSA) is 42.8 Å². The average Bonchev–Trinajstić information content (AvgIpc) is 2.43. The fourth-order valence-corrected chi connectivity index (χ4v) is 1.85. The first-order chi connectivity index (χ1) is 9.15. The second-order valence-corrected chi connectivity index (χ2v) is 4.77. The molecule has 0 saturated carbocycles. The fourth-order valence-electron chi connectivity index (χ4n) is 1.73. The highest BCUT2D eigenvalue weighted by Gasteiger charge is 2.05. The number of carbonyl (C=O) groups excluding carboxylic acids is 1. The number of nitrogens with one attached hydrogen (secondary N) is 2. The molecule has 1 amide bonds. The number of hydrogen-bond acceptors (Lipinski definition) is 2. The monoisotopic (exact) mass is 320 g/mol. The summed E-state index contributed by atoms with van der Waals surface area (Å²) in [6.45, 7) is 8.23. The van der Waals surface area contributed by atoms with Gasteiger partial charge in [-0.25, -0.2) is 4.79 Å². The molecule has 0 aliphatic rings. The van der Waals surface area contributed by atoms with Gasteiger partial charge < -0.3 is 27.4 Å². The van der Waals surface area contributed by atoms with E-state index >= 15 is 0 Å². The Balaban J connectivity index is 0.00000361. The van der Waals surface area contributed by atoms with E-state index in [0.717, 1.165) is 25.2 Å². The van der Waals surface area contributed by atoms with Crippen molar-refractivity contribution in [1.29, 1.82) is 0 Å². The fraction of sp³-hybridized carbons (Fsp3) is 0.500. The molecule has 114 valence electrons. The highest BCUT2D eigenvalue weighted by Crippen LogP contribution is 2.10. The van der Waals surface area contributed by atoms with Gasteiger partial charge in [0.25, 0.3) is 0 Å². The highest BCUT2D eigenvalue weighted by molar-refractivity contribution is 6.30. The molecule has 0 aliphatic carbocycles. The number of ether oxygens (including phenoxy) is 1. The van der Waals surface area contributed by atoms with Crippen LogP contribution in [-0.4, -0.2) is 32.3 Å². The van der Waals surface area contributed by atoms with Gasteiger partial charge in [-0.15, -0.1) is 0 Å². The Morgan fingerprint density at radius 1 is 1.25 bits per heavy atom. The molecule has 0 heterocycles. The Bertz CT molecular complexity index is 381. The van der Waals surface area contributed by atoms with Crippen molar-refractivity contribution in [3.63, 3.8) is 0 Å². The van der Waals surface area contributed by atoms with Crippen molar-refractivity contribution in [2.45, 2.75) is 20.5 Å². The van der Waals surface area contributed by atoms with Crippen molar-refractivity contribution >= 4 is 17.7 Å². The molecule has 0 radical (unpaired) electrons. The van der Waals surface area contributed by atoms with E-state index in [4.69, 9.17) is 16.3 Å². The number of quaternary nitrogens is 1. The predicted molar refractivity (Wildman–Crippen MR) is 76.6 cm³/mol. The van der Waals surface area contributed by atoms with Crippen molar-refractivity contribution in [2.75, 3.05) is 26.2 Å². The second-order valence-electron chi connectivity index (χ2n) is 4.34. The standard InChI is InChI=1S/C14H21ClN2O2.ClH/c1-3-17(4-2)10-9-16-14(18)19-11-12-5-7-13(15)8-6-12;/h5-8H,3-4,9-11H2,1-2H3,(H,16,18);1H. The van der Waals surface area contributed by atoms with Crippen LogP contribution < -0.4 is 22.6 Å². The van der Waals surface area contributed by atoms with Gasteiger partial charge in [-0.3, -0.25) is 0 Å². The number of likely N-dealkylation sites (N-methyl/N-ethyl adjacent to an activating group) is 1. The smallest absolute Gasteiger partial charge is 0.407 e. The minimum atomic E-state index is -0.374. The third kappa shape index (κ3) is 7.58. The van der Waals surface area contributed by atoms with Crippen molar-refractivity contribution in [3.8, 4) is 0 Å². The van der Waals surface area contributed by atoms with Gasteiger partial charge in [0.2, 0.25) is 0 Å². The number of carbonyl (C=O) groups is 1. The molecule has 0 saturated heterocycles. The summed E-state index contributed by atoms with van der Waals surface area (Å²) in [5, 5.41) is 3.43. The number of amides is 1. The maximum absolute atomic E-state index is 11.5. The molecule has 0 unspecified atom stereocenters. The van der Waals surface area contributed by atoms with Crippen LogP contribution in [0.5, 0.6) is 0 Å². The molecule has 6 heteroatoms. The zero-order valence-corrected chi connectivity index (χ0v) is 13.4. The molecule has 4 nitrogen and oxygen atoms in total. The van der Waals surface area contributed by atoms with E-state index in [0.29, 0.717) is 11.6 Å². The van der Waals surface area contributed by atoms with E-state index in [1.54, 1.807) is 12.1 Å². The third-order valence-corrected chi connectivity index (χ3v) is 3.28. The second kappa shape index (κ2) is 10.8.